The molecule has 2 N–H and O–H groups in total. The second-order valence-electron chi connectivity index (χ2n) is 9.61. The van der Waals surface area contributed by atoms with Crippen LogP contribution in [0.4, 0.5) is 4.79 Å². The molecule has 1 aliphatic heterocycles. The van der Waals surface area contributed by atoms with Gasteiger partial charge in [-0.2, -0.15) is 4.31 Å². The highest BCUT2D eigenvalue weighted by atomic mass is 32.2. The number of nitrogens with zero attached hydrogens (tertiary/aromatic N) is 2. The number of hydrogen-bond acceptors (Lipinski definition) is 5. The molecule has 2 aliphatic rings. The first-order valence-corrected chi connectivity index (χ1v) is 13.7. The number of carbonyl (C=O) groups excluding carboxylic acids is 1. The Morgan fingerprint density at radius 2 is 2.03 bits per heavy atom. The summed E-state index contributed by atoms with van der Waals surface area (Å²) in [5, 5.41) is 12.9. The van der Waals surface area contributed by atoms with Gasteiger partial charge in [0.2, 0.25) is 10.0 Å². The summed E-state index contributed by atoms with van der Waals surface area (Å²) in [4.78, 5) is 14.6. The molecule has 3 atom stereocenters. The van der Waals surface area contributed by atoms with E-state index >= 15 is 0 Å². The number of allylic oxidation sites excluding steroid dienone is 1. The average molecular weight is 494 g/mol. The monoisotopic (exact) mass is 493 g/mol. The minimum Gasteiger partial charge on any atom is -0.487 e. The number of aliphatic hydroxyl groups excluding tert-OH is 1. The molecule has 1 aliphatic carbocycles. The predicted octanol–water partition coefficient (Wildman–Crippen LogP) is 3.46. The van der Waals surface area contributed by atoms with Crippen LogP contribution in [0.15, 0.2) is 29.2 Å². The van der Waals surface area contributed by atoms with Crippen molar-refractivity contribution in [1.29, 1.82) is 0 Å². The molecule has 0 bridgehead atoms. The molecule has 0 unspecified atom stereocenters. The number of carbonyl (C=O) groups is 1. The van der Waals surface area contributed by atoms with E-state index in [1.807, 2.05) is 26.0 Å². The summed E-state index contributed by atoms with van der Waals surface area (Å²) in [7, 11) is -2.13. The van der Waals surface area contributed by atoms with Crippen molar-refractivity contribution in [3.8, 4) is 5.75 Å². The van der Waals surface area contributed by atoms with Gasteiger partial charge in [-0.15, -0.1) is 0 Å². The van der Waals surface area contributed by atoms with E-state index in [1.165, 1.54) is 10.7 Å². The van der Waals surface area contributed by atoms with Gasteiger partial charge in [0.15, 0.2) is 0 Å². The zero-order chi connectivity index (χ0) is 24.9. The van der Waals surface area contributed by atoms with E-state index in [-0.39, 0.29) is 41.8 Å². The third kappa shape index (κ3) is 6.12. The topological polar surface area (TPSA) is 99.2 Å². The molecule has 1 aromatic rings. The van der Waals surface area contributed by atoms with Gasteiger partial charge in [0.25, 0.3) is 0 Å². The Labute approximate surface area is 204 Å². The molecular formula is C25H39N3O5S. The molecule has 34 heavy (non-hydrogen) atoms. The smallest absolute Gasteiger partial charge is 0.317 e. The molecule has 0 saturated heterocycles. The average Bonchev–Trinajstić information content (AvgIpc) is 2.81. The van der Waals surface area contributed by atoms with E-state index in [0.29, 0.717) is 6.54 Å². The molecule has 9 heteroatoms. The van der Waals surface area contributed by atoms with Crippen LogP contribution >= 0.6 is 0 Å². The largest absolute Gasteiger partial charge is 0.487 e. The maximum absolute atomic E-state index is 13.5. The van der Waals surface area contributed by atoms with E-state index in [4.69, 9.17) is 4.74 Å². The molecule has 0 aromatic heterocycles. The van der Waals surface area contributed by atoms with E-state index in [0.717, 1.165) is 31.2 Å². The van der Waals surface area contributed by atoms with Crippen molar-refractivity contribution in [2.75, 3.05) is 26.7 Å². The lowest BCUT2D eigenvalue weighted by molar-refractivity contribution is 0.0806. The maximum atomic E-state index is 13.5. The Morgan fingerprint density at radius 1 is 1.32 bits per heavy atom. The zero-order valence-electron chi connectivity index (χ0n) is 20.7. The van der Waals surface area contributed by atoms with E-state index in [2.05, 4.69) is 5.32 Å². The van der Waals surface area contributed by atoms with Crippen LogP contribution in [-0.4, -0.2) is 73.7 Å². The van der Waals surface area contributed by atoms with Gasteiger partial charge in [0.1, 0.15) is 16.7 Å². The molecule has 2 amide bonds. The molecule has 1 aromatic carbocycles. The summed E-state index contributed by atoms with van der Waals surface area (Å²) in [6.45, 7) is 5.72. The first-order valence-electron chi connectivity index (χ1n) is 12.2. The third-order valence-corrected chi connectivity index (χ3v) is 8.80. The SMILES string of the molecule is C/C=C/c1ccc2c(c1)O[C@H](CN(C)C(=O)NC1CCCCC1)[C@H](C)CN([C@H](C)CO)S2(=O)=O. The number of benzene rings is 1. The predicted molar refractivity (Wildman–Crippen MR) is 133 cm³/mol. The van der Waals surface area contributed by atoms with Crippen molar-refractivity contribution in [2.24, 2.45) is 5.92 Å². The van der Waals surface area contributed by atoms with Crippen molar-refractivity contribution < 1.29 is 23.1 Å². The summed E-state index contributed by atoms with van der Waals surface area (Å²) in [6.07, 6.45) is 8.83. The molecule has 1 fully saturated rings. The molecule has 8 nitrogen and oxygen atoms in total. The summed E-state index contributed by atoms with van der Waals surface area (Å²) in [5.41, 5.74) is 0.827. The van der Waals surface area contributed by atoms with Crippen LogP contribution < -0.4 is 10.1 Å². The van der Waals surface area contributed by atoms with Crippen molar-refractivity contribution in [3.63, 3.8) is 0 Å². The maximum Gasteiger partial charge on any atom is 0.317 e. The Hall–Kier alpha value is -2.10. The highest BCUT2D eigenvalue weighted by Crippen LogP contribution is 2.34. The van der Waals surface area contributed by atoms with Gasteiger partial charge in [-0.05, 0) is 44.4 Å². The number of aliphatic hydroxyl groups is 1. The molecule has 0 spiro atoms. The molecule has 1 saturated carbocycles. The van der Waals surface area contributed by atoms with Crippen LogP contribution in [0.5, 0.6) is 5.75 Å². The van der Waals surface area contributed by atoms with Crippen LogP contribution in [0, 0.1) is 5.92 Å². The van der Waals surface area contributed by atoms with Crippen molar-refractivity contribution in [1.82, 2.24) is 14.5 Å². The van der Waals surface area contributed by atoms with Crippen LogP contribution in [0.2, 0.25) is 0 Å². The molecule has 0 radical (unpaired) electrons. The fourth-order valence-corrected chi connectivity index (χ4v) is 6.47. The standard InChI is InChI=1S/C25H39N3O5S/c1-5-9-20-12-13-24-22(14-20)33-23(18(2)15-28(19(3)17-29)34(24,31)32)16-27(4)25(30)26-21-10-7-6-8-11-21/h5,9,12-14,18-19,21,23,29H,6-8,10-11,15-17H2,1-4H3,(H,26,30)/b9-5+/t18-,19-,23-/m1/s1. The normalized spacial score (nSPS) is 24.5. The van der Waals surface area contributed by atoms with E-state index in [1.54, 1.807) is 37.1 Å². The van der Waals surface area contributed by atoms with Gasteiger partial charge in [-0.1, -0.05) is 44.4 Å². The number of amides is 2. The Bertz CT molecular complexity index is 975. The molecular weight excluding hydrogens is 454 g/mol. The van der Waals surface area contributed by atoms with Gasteiger partial charge in [0, 0.05) is 31.6 Å². The number of rotatable bonds is 6. The van der Waals surface area contributed by atoms with Crippen LogP contribution in [0.25, 0.3) is 6.08 Å². The fraction of sp³-hybridized carbons (Fsp3) is 0.640. The highest BCUT2D eigenvalue weighted by molar-refractivity contribution is 7.89. The number of urea groups is 1. The van der Waals surface area contributed by atoms with Gasteiger partial charge in [-0.3, -0.25) is 0 Å². The lowest BCUT2D eigenvalue weighted by Crippen LogP contribution is -2.52. The number of sulfonamides is 1. The molecule has 1 heterocycles. The lowest BCUT2D eigenvalue weighted by Gasteiger charge is -2.37. The minimum atomic E-state index is -3.87. The lowest BCUT2D eigenvalue weighted by atomic mass is 9.96. The van der Waals surface area contributed by atoms with Crippen molar-refractivity contribution >= 4 is 22.1 Å². The van der Waals surface area contributed by atoms with Crippen molar-refractivity contribution in [2.45, 2.75) is 76.0 Å². The van der Waals surface area contributed by atoms with Crippen molar-refractivity contribution in [3.05, 3.63) is 29.8 Å². The number of fused-ring (bicyclic) bond motifs is 1. The van der Waals surface area contributed by atoms with Crippen LogP contribution in [-0.2, 0) is 10.0 Å². The summed E-state index contributed by atoms with van der Waals surface area (Å²) < 4.78 is 34.7. The first-order chi connectivity index (χ1) is 16.2. The van der Waals surface area contributed by atoms with Gasteiger partial charge in [-0.25, -0.2) is 13.2 Å². The number of nitrogens with one attached hydrogen (secondary N) is 1. The Kier molecular flexibility index (Phi) is 9.01. The van der Waals surface area contributed by atoms with Gasteiger partial charge in [0.05, 0.1) is 13.2 Å². The second-order valence-corrected chi connectivity index (χ2v) is 11.5. The molecule has 3 rings (SSSR count). The molecule has 190 valence electrons. The number of hydrogen-bond donors (Lipinski definition) is 2. The van der Waals surface area contributed by atoms with E-state index in [9.17, 15) is 18.3 Å². The summed E-state index contributed by atoms with van der Waals surface area (Å²) >= 11 is 0. The second kappa shape index (κ2) is 11.6. The summed E-state index contributed by atoms with van der Waals surface area (Å²) in [6, 6.07) is 4.51. The Balaban J connectivity index is 1.89. The van der Waals surface area contributed by atoms with E-state index < -0.39 is 22.2 Å². The van der Waals surface area contributed by atoms with Crippen LogP contribution in [0.1, 0.15) is 58.4 Å². The van der Waals surface area contributed by atoms with Gasteiger partial charge >= 0.3 is 6.03 Å². The quantitative estimate of drug-likeness (QED) is 0.632. The fourth-order valence-electron chi connectivity index (χ4n) is 4.64. The summed E-state index contributed by atoms with van der Waals surface area (Å²) in [5.74, 6) is 0.0515. The number of ether oxygens (including phenoxy) is 1. The minimum absolute atomic E-state index is 0.0762. The highest BCUT2D eigenvalue weighted by Gasteiger charge is 2.38. The first kappa shape index (κ1) is 26.5. The number of likely N-dealkylation sites (N-methyl/N-ethyl adjacent to an activating group) is 1. The van der Waals surface area contributed by atoms with Crippen LogP contribution in [0.3, 0.4) is 0 Å². The van der Waals surface area contributed by atoms with Gasteiger partial charge < -0.3 is 20.1 Å². The zero-order valence-corrected chi connectivity index (χ0v) is 21.6. The third-order valence-electron chi connectivity index (χ3n) is 6.78. The Morgan fingerprint density at radius 3 is 2.68 bits per heavy atom.